The maximum atomic E-state index is 12.7. The number of thioether (sulfide) groups is 1. The molecule has 2 N–H and O–H groups in total. The summed E-state index contributed by atoms with van der Waals surface area (Å²) in [6.07, 6.45) is -0.155. The zero-order valence-electron chi connectivity index (χ0n) is 15.3. The van der Waals surface area contributed by atoms with Crippen molar-refractivity contribution in [2.75, 3.05) is 10.2 Å². The first-order valence-corrected chi connectivity index (χ1v) is 9.39. The summed E-state index contributed by atoms with van der Waals surface area (Å²) < 4.78 is 0. The van der Waals surface area contributed by atoms with Crippen molar-refractivity contribution in [3.05, 3.63) is 59.2 Å². The molecule has 0 aliphatic carbocycles. The molecule has 2 aromatic rings. The molecule has 2 aromatic carbocycles. The van der Waals surface area contributed by atoms with E-state index >= 15 is 0 Å². The first-order chi connectivity index (χ1) is 13.3. The van der Waals surface area contributed by atoms with Gasteiger partial charge in [0.25, 0.3) is 5.24 Å². The minimum Gasteiger partial charge on any atom is -0.478 e. The van der Waals surface area contributed by atoms with Gasteiger partial charge in [0.2, 0.25) is 11.8 Å². The number of aryl methyl sites for hydroxylation is 2. The van der Waals surface area contributed by atoms with Gasteiger partial charge < -0.3 is 10.4 Å². The second-order valence-corrected chi connectivity index (χ2v) is 7.60. The minimum absolute atomic E-state index is 0.106. The molecule has 1 unspecified atom stereocenters. The van der Waals surface area contributed by atoms with E-state index in [1.54, 1.807) is 12.1 Å². The molecule has 28 heavy (non-hydrogen) atoms. The van der Waals surface area contributed by atoms with Gasteiger partial charge in [-0.2, -0.15) is 0 Å². The number of hydrogen-bond donors (Lipinski definition) is 2. The molecule has 0 bridgehead atoms. The van der Waals surface area contributed by atoms with Crippen LogP contribution in [0.5, 0.6) is 0 Å². The molecular formula is C20H18N2O5S. The summed E-state index contributed by atoms with van der Waals surface area (Å²) in [5.41, 5.74) is 3.05. The number of nitrogens with zero attached hydrogens (tertiary/aromatic N) is 1. The van der Waals surface area contributed by atoms with Gasteiger partial charge in [-0.25, -0.2) is 9.69 Å². The lowest BCUT2D eigenvalue weighted by atomic mass is 10.1. The molecule has 0 radical (unpaired) electrons. The van der Waals surface area contributed by atoms with Crippen LogP contribution in [0, 0.1) is 13.8 Å². The second-order valence-electron chi connectivity index (χ2n) is 6.45. The lowest BCUT2D eigenvalue weighted by molar-refractivity contribution is -0.121. The molecule has 0 aromatic heterocycles. The molecule has 1 fully saturated rings. The number of carbonyl (C=O) groups is 4. The molecule has 144 valence electrons. The third-order valence-corrected chi connectivity index (χ3v) is 5.49. The summed E-state index contributed by atoms with van der Waals surface area (Å²) >= 11 is 0.831. The number of hydrogen-bond acceptors (Lipinski definition) is 5. The van der Waals surface area contributed by atoms with Crippen molar-refractivity contribution in [1.29, 1.82) is 0 Å². The van der Waals surface area contributed by atoms with Crippen LogP contribution in [-0.2, 0) is 9.59 Å². The van der Waals surface area contributed by atoms with E-state index in [0.29, 0.717) is 11.4 Å². The van der Waals surface area contributed by atoms with Crippen LogP contribution < -0.4 is 10.2 Å². The number of nitrogens with one attached hydrogen (secondary N) is 1. The van der Waals surface area contributed by atoms with Crippen LogP contribution in [0.3, 0.4) is 0 Å². The summed E-state index contributed by atoms with van der Waals surface area (Å²) in [5.74, 6) is -1.91. The third kappa shape index (κ3) is 4.07. The average Bonchev–Trinajstić information content (AvgIpc) is 2.91. The van der Waals surface area contributed by atoms with Gasteiger partial charge in [0.15, 0.2) is 0 Å². The first-order valence-electron chi connectivity index (χ1n) is 8.51. The van der Waals surface area contributed by atoms with E-state index in [2.05, 4.69) is 5.32 Å². The Balaban J connectivity index is 1.66. The van der Waals surface area contributed by atoms with Crippen molar-refractivity contribution in [2.24, 2.45) is 0 Å². The van der Waals surface area contributed by atoms with Crippen LogP contribution in [0.1, 0.15) is 27.9 Å². The normalized spacial score (nSPS) is 16.4. The lowest BCUT2D eigenvalue weighted by Gasteiger charge is -2.15. The first kappa shape index (κ1) is 19.6. The van der Waals surface area contributed by atoms with Crippen molar-refractivity contribution in [3.8, 4) is 0 Å². The molecular weight excluding hydrogens is 380 g/mol. The number of rotatable bonds is 5. The highest BCUT2D eigenvalue weighted by Gasteiger charge is 2.41. The quantitative estimate of drug-likeness (QED) is 0.798. The number of imide groups is 1. The number of anilines is 2. The fourth-order valence-corrected chi connectivity index (χ4v) is 3.75. The predicted octanol–water partition coefficient (Wildman–Crippen LogP) is 3.60. The highest BCUT2D eigenvalue weighted by atomic mass is 32.2. The molecule has 1 aliphatic rings. The van der Waals surface area contributed by atoms with Crippen molar-refractivity contribution in [3.63, 3.8) is 0 Å². The Hall–Kier alpha value is -3.13. The van der Waals surface area contributed by atoms with E-state index in [-0.39, 0.29) is 12.0 Å². The van der Waals surface area contributed by atoms with Crippen molar-refractivity contribution < 1.29 is 24.3 Å². The Morgan fingerprint density at radius 3 is 2.36 bits per heavy atom. The van der Waals surface area contributed by atoms with E-state index < -0.39 is 28.3 Å². The van der Waals surface area contributed by atoms with E-state index in [4.69, 9.17) is 5.11 Å². The van der Waals surface area contributed by atoms with E-state index in [1.807, 2.05) is 19.9 Å². The van der Waals surface area contributed by atoms with Gasteiger partial charge in [-0.1, -0.05) is 6.07 Å². The predicted molar refractivity (Wildman–Crippen MR) is 107 cm³/mol. The van der Waals surface area contributed by atoms with Gasteiger partial charge >= 0.3 is 5.97 Å². The molecule has 1 aliphatic heterocycles. The number of benzene rings is 2. The van der Waals surface area contributed by atoms with Crippen molar-refractivity contribution in [2.45, 2.75) is 25.5 Å². The average molecular weight is 398 g/mol. The smallest absolute Gasteiger partial charge is 0.335 e. The molecule has 1 saturated heterocycles. The van der Waals surface area contributed by atoms with Gasteiger partial charge in [-0.3, -0.25) is 14.4 Å². The second kappa shape index (κ2) is 7.85. The highest BCUT2D eigenvalue weighted by molar-refractivity contribution is 8.15. The Morgan fingerprint density at radius 2 is 1.75 bits per heavy atom. The third-order valence-electron chi connectivity index (χ3n) is 4.46. The molecule has 0 spiro atoms. The van der Waals surface area contributed by atoms with Crippen LogP contribution in [0.15, 0.2) is 42.5 Å². The van der Waals surface area contributed by atoms with Gasteiger partial charge in [-0.15, -0.1) is 0 Å². The van der Waals surface area contributed by atoms with Gasteiger partial charge in [0, 0.05) is 12.1 Å². The van der Waals surface area contributed by atoms with E-state index in [1.165, 1.54) is 24.3 Å². The van der Waals surface area contributed by atoms with Crippen LogP contribution >= 0.6 is 11.8 Å². The van der Waals surface area contributed by atoms with Crippen molar-refractivity contribution >= 4 is 46.2 Å². The molecule has 3 amide bonds. The topological polar surface area (TPSA) is 104 Å². The maximum Gasteiger partial charge on any atom is 0.335 e. The summed E-state index contributed by atoms with van der Waals surface area (Å²) in [7, 11) is 0. The Kier molecular flexibility index (Phi) is 5.51. The fraction of sp³-hybridized carbons (Fsp3) is 0.200. The summed E-state index contributed by atoms with van der Waals surface area (Å²) in [6.45, 7) is 3.84. The van der Waals surface area contributed by atoms with Crippen molar-refractivity contribution in [1.82, 2.24) is 0 Å². The van der Waals surface area contributed by atoms with Gasteiger partial charge in [0.1, 0.15) is 5.25 Å². The van der Waals surface area contributed by atoms with E-state index in [9.17, 15) is 19.2 Å². The summed E-state index contributed by atoms with van der Waals surface area (Å²) in [6, 6.07) is 11.0. The Labute approximate surface area is 165 Å². The molecule has 8 heteroatoms. The zero-order chi connectivity index (χ0) is 20.4. The Morgan fingerprint density at radius 1 is 1.07 bits per heavy atom. The van der Waals surface area contributed by atoms with Crippen LogP contribution in [0.25, 0.3) is 0 Å². The molecule has 1 heterocycles. The molecule has 1 atom stereocenters. The molecule has 3 rings (SSSR count). The minimum atomic E-state index is -1.06. The van der Waals surface area contributed by atoms with Gasteiger partial charge in [-0.05, 0) is 73.1 Å². The van der Waals surface area contributed by atoms with Crippen LogP contribution in [-0.4, -0.2) is 33.4 Å². The molecule has 0 saturated carbocycles. The highest BCUT2D eigenvalue weighted by Crippen LogP contribution is 2.34. The van der Waals surface area contributed by atoms with Gasteiger partial charge in [0.05, 0.1) is 11.3 Å². The lowest BCUT2D eigenvalue weighted by Crippen LogP contribution is -2.33. The SMILES string of the molecule is Cc1ccc(N2C(=O)SC(CC(=O)Nc3ccc(C(=O)O)cc3)C2=O)cc1C. The number of carbonyl (C=O) groups excluding carboxylic acids is 3. The number of amides is 3. The van der Waals surface area contributed by atoms with Crippen LogP contribution in [0.4, 0.5) is 16.2 Å². The Bertz CT molecular complexity index is 971. The zero-order valence-corrected chi connectivity index (χ0v) is 16.1. The maximum absolute atomic E-state index is 12.7. The standard InChI is InChI=1S/C20H18N2O5S/c1-11-3-8-15(9-12(11)2)22-18(24)16(28-20(22)27)10-17(23)21-14-6-4-13(5-7-14)19(25)26/h3-9,16H,10H2,1-2H3,(H,21,23)(H,25,26). The summed E-state index contributed by atoms with van der Waals surface area (Å²) in [5, 5.41) is 10.3. The number of carboxylic acids is 1. The summed E-state index contributed by atoms with van der Waals surface area (Å²) in [4.78, 5) is 49.2. The monoisotopic (exact) mass is 398 g/mol. The largest absolute Gasteiger partial charge is 0.478 e. The fourth-order valence-electron chi connectivity index (χ4n) is 2.76. The number of aromatic carboxylic acids is 1. The number of carboxylic acid groups (broad SMARTS) is 1. The molecule has 7 nitrogen and oxygen atoms in total. The van der Waals surface area contributed by atoms with Crippen LogP contribution in [0.2, 0.25) is 0 Å². The van der Waals surface area contributed by atoms with E-state index in [0.717, 1.165) is 27.8 Å².